The van der Waals surface area contributed by atoms with Gasteiger partial charge in [0.1, 0.15) is 16.9 Å². The molecule has 23 heavy (non-hydrogen) atoms. The number of piperidine rings is 1. The Morgan fingerprint density at radius 1 is 1.39 bits per heavy atom. The highest BCUT2D eigenvalue weighted by atomic mass is 16.3. The first-order chi connectivity index (χ1) is 11.2. The van der Waals surface area contributed by atoms with Crippen molar-refractivity contribution in [3.63, 3.8) is 0 Å². The summed E-state index contributed by atoms with van der Waals surface area (Å²) in [5, 5.41) is 21.9. The fourth-order valence-electron chi connectivity index (χ4n) is 3.09. The lowest BCUT2D eigenvalue weighted by molar-refractivity contribution is -0.0327. The van der Waals surface area contributed by atoms with Crippen LogP contribution in [0.1, 0.15) is 29.1 Å². The van der Waals surface area contributed by atoms with Gasteiger partial charge in [-0.05, 0) is 25.0 Å². The second-order valence-corrected chi connectivity index (χ2v) is 5.87. The van der Waals surface area contributed by atoms with Crippen LogP contribution >= 0.6 is 0 Å². The number of likely N-dealkylation sites (tertiary alicyclic amines) is 1. The molecule has 1 aliphatic heterocycles. The maximum absolute atomic E-state index is 12.7. The minimum absolute atomic E-state index is 0.176. The van der Waals surface area contributed by atoms with Crippen molar-refractivity contribution >= 4 is 16.9 Å². The summed E-state index contributed by atoms with van der Waals surface area (Å²) in [5.41, 5.74) is -0.0355. The molecule has 7 heteroatoms. The van der Waals surface area contributed by atoms with E-state index in [-0.39, 0.29) is 18.2 Å². The quantitative estimate of drug-likeness (QED) is 0.750. The Hall–Kier alpha value is -2.67. The maximum Gasteiger partial charge on any atom is 0.289 e. The summed E-state index contributed by atoms with van der Waals surface area (Å²) in [5.74, 6) is 0.0680. The third-order valence-corrected chi connectivity index (χ3v) is 4.29. The summed E-state index contributed by atoms with van der Waals surface area (Å²) < 4.78 is 5.63. The Balaban J connectivity index is 1.60. The van der Waals surface area contributed by atoms with E-state index in [1.807, 2.05) is 24.3 Å². The molecule has 7 nitrogen and oxygen atoms in total. The Kier molecular flexibility index (Phi) is 3.16. The Labute approximate surface area is 131 Å². The minimum atomic E-state index is -1.17. The molecule has 1 aliphatic rings. The number of nitrogens with zero attached hydrogens (tertiary/aromatic N) is 3. The van der Waals surface area contributed by atoms with E-state index < -0.39 is 5.60 Å². The number of aromatic amines is 1. The monoisotopic (exact) mass is 312 g/mol. The van der Waals surface area contributed by atoms with Gasteiger partial charge in [0.2, 0.25) is 0 Å². The first-order valence-electron chi connectivity index (χ1n) is 7.52. The number of rotatable bonds is 2. The fraction of sp³-hybridized carbons (Fsp3) is 0.312. The number of hydrogen-bond acceptors (Lipinski definition) is 5. The first kappa shape index (κ1) is 14.0. The smallest absolute Gasteiger partial charge is 0.289 e. The van der Waals surface area contributed by atoms with Crippen molar-refractivity contribution in [1.82, 2.24) is 20.3 Å². The number of aliphatic hydroxyl groups is 1. The summed E-state index contributed by atoms with van der Waals surface area (Å²) in [4.78, 5) is 14.3. The molecule has 1 amide bonds. The lowest BCUT2D eigenvalue weighted by atomic mass is 9.90. The van der Waals surface area contributed by atoms with Crippen molar-refractivity contribution in [2.24, 2.45) is 0 Å². The first-order valence-corrected chi connectivity index (χ1v) is 7.52. The van der Waals surface area contributed by atoms with Crippen LogP contribution in [0, 0.1) is 0 Å². The molecule has 0 bridgehead atoms. The van der Waals surface area contributed by atoms with Crippen molar-refractivity contribution in [3.8, 4) is 0 Å². The molecule has 0 spiro atoms. The number of aromatic nitrogens is 3. The fourth-order valence-corrected chi connectivity index (χ4v) is 3.09. The zero-order chi connectivity index (χ0) is 15.9. The van der Waals surface area contributed by atoms with E-state index in [9.17, 15) is 9.90 Å². The second kappa shape index (κ2) is 5.20. The van der Waals surface area contributed by atoms with Crippen molar-refractivity contribution in [1.29, 1.82) is 0 Å². The zero-order valence-corrected chi connectivity index (χ0v) is 12.4. The molecular weight excluding hydrogens is 296 g/mol. The van der Waals surface area contributed by atoms with Crippen molar-refractivity contribution in [2.45, 2.75) is 18.4 Å². The predicted molar refractivity (Wildman–Crippen MR) is 81.6 cm³/mol. The molecular formula is C16H16N4O3. The van der Waals surface area contributed by atoms with Crippen LogP contribution in [0.5, 0.6) is 0 Å². The van der Waals surface area contributed by atoms with Gasteiger partial charge < -0.3 is 14.4 Å². The second-order valence-electron chi connectivity index (χ2n) is 5.87. The van der Waals surface area contributed by atoms with Crippen LogP contribution in [0.4, 0.5) is 0 Å². The predicted octanol–water partition coefficient (Wildman–Crippen LogP) is 1.67. The van der Waals surface area contributed by atoms with Gasteiger partial charge in [0.25, 0.3) is 5.91 Å². The standard InChI is InChI=1S/C16H16N4O3/c21-15(13-8-11-4-1-2-5-12(11)23-13)20-7-3-6-16(22,10-20)14-9-17-19-18-14/h1-2,4-5,8-9,22H,3,6-7,10H2,(H,17,18,19). The Morgan fingerprint density at radius 2 is 2.26 bits per heavy atom. The topological polar surface area (TPSA) is 95.3 Å². The molecule has 118 valence electrons. The Bertz CT molecular complexity index is 809. The number of nitrogens with one attached hydrogen (secondary N) is 1. The van der Waals surface area contributed by atoms with E-state index in [4.69, 9.17) is 4.42 Å². The number of β-amino-alcohol motifs (C(OH)–C–C–N with tert-alkyl or cyclic N) is 1. The summed E-state index contributed by atoms with van der Waals surface area (Å²) in [6.07, 6.45) is 2.73. The third-order valence-electron chi connectivity index (χ3n) is 4.29. The summed E-state index contributed by atoms with van der Waals surface area (Å²) in [6, 6.07) is 9.23. The van der Waals surface area contributed by atoms with Gasteiger partial charge in [-0.2, -0.15) is 15.4 Å². The van der Waals surface area contributed by atoms with Gasteiger partial charge in [0.05, 0.1) is 12.7 Å². The van der Waals surface area contributed by atoms with E-state index in [0.29, 0.717) is 30.7 Å². The van der Waals surface area contributed by atoms with Gasteiger partial charge in [0, 0.05) is 11.9 Å². The molecule has 2 N–H and O–H groups in total. The molecule has 1 atom stereocenters. The lowest BCUT2D eigenvalue weighted by Gasteiger charge is -2.37. The minimum Gasteiger partial charge on any atom is -0.451 e. The number of carbonyl (C=O) groups excluding carboxylic acids is 1. The number of furan rings is 1. The highest BCUT2D eigenvalue weighted by molar-refractivity contribution is 5.96. The van der Waals surface area contributed by atoms with Crippen LogP contribution in [0.3, 0.4) is 0 Å². The largest absolute Gasteiger partial charge is 0.451 e. The molecule has 0 aliphatic carbocycles. The van der Waals surface area contributed by atoms with Gasteiger partial charge in [-0.25, -0.2) is 0 Å². The van der Waals surface area contributed by atoms with Crippen molar-refractivity contribution in [2.75, 3.05) is 13.1 Å². The highest BCUT2D eigenvalue weighted by Crippen LogP contribution is 2.31. The van der Waals surface area contributed by atoms with Crippen LogP contribution in [0.2, 0.25) is 0 Å². The van der Waals surface area contributed by atoms with Gasteiger partial charge in [0.15, 0.2) is 5.76 Å². The average Bonchev–Trinajstić information content (AvgIpc) is 3.23. The van der Waals surface area contributed by atoms with Crippen molar-refractivity contribution < 1.29 is 14.3 Å². The zero-order valence-electron chi connectivity index (χ0n) is 12.4. The van der Waals surface area contributed by atoms with Crippen LogP contribution in [0.25, 0.3) is 11.0 Å². The Morgan fingerprint density at radius 3 is 3.04 bits per heavy atom. The van der Waals surface area contributed by atoms with Crippen LogP contribution in [0.15, 0.2) is 40.9 Å². The van der Waals surface area contributed by atoms with Crippen LogP contribution in [-0.4, -0.2) is 44.4 Å². The molecule has 1 aromatic carbocycles. The SMILES string of the molecule is O=C(c1cc2ccccc2o1)N1CCCC(O)(c2cn[nH]n2)C1. The molecule has 1 saturated heterocycles. The molecule has 1 fully saturated rings. The summed E-state index contributed by atoms with van der Waals surface area (Å²) >= 11 is 0. The van der Waals surface area contributed by atoms with Gasteiger partial charge in [-0.1, -0.05) is 18.2 Å². The van der Waals surface area contributed by atoms with Crippen LogP contribution in [-0.2, 0) is 5.60 Å². The number of hydrogen-bond donors (Lipinski definition) is 2. The number of H-pyrrole nitrogens is 1. The van der Waals surface area contributed by atoms with E-state index in [1.165, 1.54) is 6.20 Å². The number of fused-ring (bicyclic) bond motifs is 1. The molecule has 0 saturated carbocycles. The lowest BCUT2D eigenvalue weighted by Crippen LogP contribution is -2.48. The molecule has 3 heterocycles. The number of benzene rings is 1. The van der Waals surface area contributed by atoms with Crippen molar-refractivity contribution in [3.05, 3.63) is 48.0 Å². The van der Waals surface area contributed by atoms with E-state index in [2.05, 4.69) is 15.4 Å². The number of amides is 1. The van der Waals surface area contributed by atoms with Gasteiger partial charge in [-0.3, -0.25) is 4.79 Å². The molecule has 2 aromatic heterocycles. The van der Waals surface area contributed by atoms with E-state index in [1.54, 1.807) is 11.0 Å². The normalized spacial score (nSPS) is 21.7. The summed E-state index contributed by atoms with van der Waals surface area (Å²) in [6.45, 7) is 0.755. The maximum atomic E-state index is 12.7. The average molecular weight is 312 g/mol. The van der Waals surface area contributed by atoms with Crippen LogP contribution < -0.4 is 0 Å². The van der Waals surface area contributed by atoms with Gasteiger partial charge >= 0.3 is 0 Å². The molecule has 0 radical (unpaired) electrons. The molecule has 4 rings (SSSR count). The third kappa shape index (κ3) is 2.39. The van der Waals surface area contributed by atoms with E-state index in [0.717, 1.165) is 5.39 Å². The molecule has 1 unspecified atom stereocenters. The number of para-hydroxylation sites is 1. The molecule has 3 aromatic rings. The number of carbonyl (C=O) groups is 1. The van der Waals surface area contributed by atoms with Gasteiger partial charge in [-0.15, -0.1) is 0 Å². The van der Waals surface area contributed by atoms with E-state index >= 15 is 0 Å². The summed E-state index contributed by atoms with van der Waals surface area (Å²) in [7, 11) is 0. The highest BCUT2D eigenvalue weighted by Gasteiger charge is 2.39.